The Labute approximate surface area is 202 Å². The van der Waals surface area contributed by atoms with Crippen LogP contribution in [0.5, 0.6) is 11.5 Å². The maximum Gasteiger partial charge on any atom is 0.259 e. The number of carbonyl (C=O) groups is 2. The number of nitrogens with one attached hydrogen (secondary N) is 2. The second-order valence-corrected chi connectivity index (χ2v) is 8.21. The number of hydrogen-bond donors (Lipinski definition) is 2. The van der Waals surface area contributed by atoms with Gasteiger partial charge in [0.05, 0.1) is 23.5 Å². The molecule has 7 nitrogen and oxygen atoms in total. The number of carbonyl (C=O) groups excluding carboxylic acids is 2. The van der Waals surface area contributed by atoms with Crippen molar-refractivity contribution in [1.82, 2.24) is 5.43 Å². The highest BCUT2D eigenvalue weighted by Crippen LogP contribution is 2.43. The Morgan fingerprint density at radius 3 is 2.23 bits per heavy atom. The molecule has 7 heteroatoms. The quantitative estimate of drug-likeness (QED) is 0.296. The lowest BCUT2D eigenvalue weighted by Gasteiger charge is -2.26. The summed E-state index contributed by atoms with van der Waals surface area (Å²) < 4.78 is 11.2. The second-order valence-electron chi connectivity index (χ2n) is 8.21. The van der Waals surface area contributed by atoms with Gasteiger partial charge in [-0.15, -0.1) is 0 Å². The van der Waals surface area contributed by atoms with Gasteiger partial charge >= 0.3 is 0 Å². The average molecular weight is 466 g/mol. The molecule has 2 heterocycles. The lowest BCUT2D eigenvalue weighted by atomic mass is 9.87. The summed E-state index contributed by atoms with van der Waals surface area (Å²) in [5.41, 5.74) is 6.74. The number of fused-ring (bicyclic) bond motifs is 2. The molecular formula is C28H23N3O4. The molecular weight excluding hydrogens is 442 g/mol. The average Bonchev–Trinajstić information content (AvgIpc) is 3.31. The van der Waals surface area contributed by atoms with Crippen LogP contribution in [0.4, 0.5) is 5.69 Å². The van der Waals surface area contributed by atoms with Gasteiger partial charge in [0.2, 0.25) is 0 Å². The molecule has 0 atom stereocenters. The van der Waals surface area contributed by atoms with E-state index in [1.807, 2.05) is 60.7 Å². The summed E-state index contributed by atoms with van der Waals surface area (Å²) in [5, 5.41) is 7.21. The van der Waals surface area contributed by atoms with Gasteiger partial charge in [-0.2, -0.15) is 5.10 Å². The topological polar surface area (TPSA) is 92.9 Å². The van der Waals surface area contributed by atoms with E-state index in [1.165, 1.54) is 6.26 Å². The van der Waals surface area contributed by atoms with Crippen LogP contribution in [0.1, 0.15) is 45.7 Å². The van der Waals surface area contributed by atoms with Gasteiger partial charge in [-0.3, -0.25) is 9.59 Å². The Kier molecular flexibility index (Phi) is 5.89. The van der Waals surface area contributed by atoms with Crippen LogP contribution in [0, 0.1) is 6.92 Å². The fraction of sp³-hybridized carbons (Fsp3) is 0.107. The molecule has 2 N–H and O–H groups in total. The molecule has 5 rings (SSSR count). The normalized spacial score (nSPS) is 12.8. The number of rotatable bonds is 5. The molecule has 174 valence electrons. The van der Waals surface area contributed by atoms with Crippen LogP contribution in [-0.2, 0) is 4.79 Å². The van der Waals surface area contributed by atoms with Crippen molar-refractivity contribution in [1.29, 1.82) is 0 Å². The third-order valence-electron chi connectivity index (χ3n) is 5.92. The summed E-state index contributed by atoms with van der Waals surface area (Å²) >= 11 is 0. The zero-order chi connectivity index (χ0) is 24.4. The Balaban J connectivity index is 1.35. The minimum atomic E-state index is -0.545. The fourth-order valence-electron chi connectivity index (χ4n) is 4.10. The highest BCUT2D eigenvalue weighted by molar-refractivity contribution is 6.06. The van der Waals surface area contributed by atoms with E-state index < -0.39 is 5.92 Å². The second kappa shape index (κ2) is 9.30. The van der Waals surface area contributed by atoms with Crippen molar-refractivity contribution in [3.05, 3.63) is 113 Å². The van der Waals surface area contributed by atoms with Crippen LogP contribution in [0.3, 0.4) is 0 Å². The van der Waals surface area contributed by atoms with Gasteiger partial charge in [0, 0.05) is 16.8 Å². The molecule has 0 bridgehead atoms. The summed E-state index contributed by atoms with van der Waals surface area (Å²) in [6.45, 7) is 3.54. The van der Waals surface area contributed by atoms with Gasteiger partial charge in [0.25, 0.3) is 11.8 Å². The number of hydrazone groups is 1. The van der Waals surface area contributed by atoms with E-state index in [4.69, 9.17) is 9.15 Å². The van der Waals surface area contributed by atoms with Gasteiger partial charge in [0.1, 0.15) is 17.3 Å². The zero-order valence-electron chi connectivity index (χ0n) is 19.2. The predicted octanol–water partition coefficient (Wildman–Crippen LogP) is 5.62. The number of para-hydroxylation sites is 2. The molecule has 0 spiro atoms. The smallest absolute Gasteiger partial charge is 0.259 e. The summed E-state index contributed by atoms with van der Waals surface area (Å²) in [6.07, 6.45) is 1.48. The molecule has 1 aliphatic rings. The fourth-order valence-corrected chi connectivity index (χ4v) is 4.10. The number of amides is 2. The van der Waals surface area contributed by atoms with Crippen molar-refractivity contribution in [2.45, 2.75) is 19.8 Å². The molecule has 0 saturated heterocycles. The van der Waals surface area contributed by atoms with Crippen LogP contribution in [0.2, 0.25) is 0 Å². The van der Waals surface area contributed by atoms with Crippen molar-refractivity contribution >= 4 is 23.2 Å². The van der Waals surface area contributed by atoms with Gasteiger partial charge in [0.15, 0.2) is 0 Å². The summed E-state index contributed by atoms with van der Waals surface area (Å²) in [6, 6.07) is 23.9. The van der Waals surface area contributed by atoms with Crippen molar-refractivity contribution in [2.24, 2.45) is 5.10 Å². The highest BCUT2D eigenvalue weighted by atomic mass is 16.5. The summed E-state index contributed by atoms with van der Waals surface area (Å²) in [5.74, 6) is 0.805. The third-order valence-corrected chi connectivity index (χ3v) is 5.92. The van der Waals surface area contributed by atoms with Gasteiger partial charge in [-0.1, -0.05) is 48.5 Å². The van der Waals surface area contributed by atoms with Crippen LogP contribution in [0.15, 0.2) is 94.6 Å². The number of aryl methyl sites for hydroxylation is 1. The monoisotopic (exact) mass is 465 g/mol. The SMILES string of the molecule is CC(=NNC(=O)C1c2ccccc2Oc2ccccc21)c1cccc(NC(=O)c2ccoc2C)c1. The van der Waals surface area contributed by atoms with E-state index in [9.17, 15) is 9.59 Å². The van der Waals surface area contributed by atoms with Crippen LogP contribution < -0.4 is 15.5 Å². The molecule has 1 aliphatic heterocycles. The molecule has 2 amide bonds. The van der Waals surface area contributed by atoms with Crippen molar-refractivity contribution in [2.75, 3.05) is 5.32 Å². The molecule has 4 aromatic rings. The maximum absolute atomic E-state index is 13.3. The highest BCUT2D eigenvalue weighted by Gasteiger charge is 2.32. The summed E-state index contributed by atoms with van der Waals surface area (Å²) in [7, 11) is 0. The molecule has 35 heavy (non-hydrogen) atoms. The lowest BCUT2D eigenvalue weighted by Crippen LogP contribution is -2.29. The van der Waals surface area contributed by atoms with E-state index >= 15 is 0 Å². The molecule has 1 aromatic heterocycles. The standard InChI is InChI=1S/C28H23N3O4/c1-17(19-8-7-9-20(16-19)29-27(32)21-14-15-34-18(21)2)30-31-28(33)26-22-10-3-5-12-24(22)35-25-13-6-4-11-23(25)26/h3-16,26H,1-2H3,(H,29,32)(H,31,33). The Morgan fingerprint density at radius 2 is 1.57 bits per heavy atom. The van der Waals surface area contributed by atoms with Crippen LogP contribution in [0.25, 0.3) is 0 Å². The van der Waals surface area contributed by atoms with Crippen LogP contribution >= 0.6 is 0 Å². The largest absolute Gasteiger partial charge is 0.469 e. The van der Waals surface area contributed by atoms with E-state index in [1.54, 1.807) is 32.0 Å². The minimum Gasteiger partial charge on any atom is -0.469 e. The molecule has 0 aliphatic carbocycles. The minimum absolute atomic E-state index is 0.256. The first kappa shape index (κ1) is 22.2. The first-order chi connectivity index (χ1) is 17.0. The number of hydrogen-bond acceptors (Lipinski definition) is 5. The van der Waals surface area contributed by atoms with Crippen molar-refractivity contribution < 1.29 is 18.7 Å². The Morgan fingerprint density at radius 1 is 0.886 bits per heavy atom. The van der Waals surface area contributed by atoms with E-state index in [0.717, 1.165) is 16.7 Å². The lowest BCUT2D eigenvalue weighted by molar-refractivity contribution is -0.121. The number of benzene rings is 3. The molecule has 0 radical (unpaired) electrons. The van der Waals surface area contributed by atoms with Crippen molar-refractivity contribution in [3.63, 3.8) is 0 Å². The molecule has 0 fully saturated rings. The Bertz CT molecular complexity index is 1410. The maximum atomic E-state index is 13.3. The molecule has 3 aromatic carbocycles. The number of anilines is 1. The number of nitrogens with zero attached hydrogens (tertiary/aromatic N) is 1. The number of ether oxygens (including phenoxy) is 1. The van der Waals surface area contributed by atoms with E-state index in [2.05, 4.69) is 15.8 Å². The zero-order valence-corrected chi connectivity index (χ0v) is 19.2. The van der Waals surface area contributed by atoms with E-state index in [0.29, 0.717) is 34.2 Å². The summed E-state index contributed by atoms with van der Waals surface area (Å²) in [4.78, 5) is 25.8. The first-order valence-electron chi connectivity index (χ1n) is 11.2. The number of furan rings is 1. The molecule has 0 unspecified atom stereocenters. The Hall–Kier alpha value is -4.65. The van der Waals surface area contributed by atoms with Gasteiger partial charge < -0.3 is 14.5 Å². The van der Waals surface area contributed by atoms with Crippen molar-refractivity contribution in [3.8, 4) is 11.5 Å². The third kappa shape index (κ3) is 4.44. The van der Waals surface area contributed by atoms with Gasteiger partial charge in [-0.05, 0) is 49.7 Å². The van der Waals surface area contributed by atoms with Gasteiger partial charge in [-0.25, -0.2) is 5.43 Å². The van der Waals surface area contributed by atoms with Crippen LogP contribution in [-0.4, -0.2) is 17.5 Å². The molecule has 0 saturated carbocycles. The first-order valence-corrected chi connectivity index (χ1v) is 11.2. The predicted molar refractivity (Wildman–Crippen MR) is 133 cm³/mol. The van der Waals surface area contributed by atoms with E-state index in [-0.39, 0.29) is 11.8 Å².